The number of ether oxygens (including phenoxy) is 2. The lowest BCUT2D eigenvalue weighted by atomic mass is 10.3. The summed E-state index contributed by atoms with van der Waals surface area (Å²) >= 11 is 0. The van der Waals surface area contributed by atoms with E-state index in [4.69, 9.17) is 5.73 Å². The molecule has 19 heavy (non-hydrogen) atoms. The minimum absolute atomic E-state index is 0.0343. The van der Waals surface area contributed by atoms with Gasteiger partial charge in [-0.1, -0.05) is 0 Å². The monoisotopic (exact) mass is 281 g/mol. The van der Waals surface area contributed by atoms with Crippen molar-refractivity contribution in [1.82, 2.24) is 9.78 Å². The van der Waals surface area contributed by atoms with E-state index < -0.39 is 25.5 Å². The quantitative estimate of drug-likeness (QED) is 0.653. The first-order valence-electron chi connectivity index (χ1n) is 5.47. The number of nitrogens with two attached hydrogens (primary N) is 1. The van der Waals surface area contributed by atoms with Crippen molar-refractivity contribution in [2.75, 3.05) is 18.9 Å². The van der Waals surface area contributed by atoms with Crippen molar-refractivity contribution < 1.29 is 27.4 Å². The van der Waals surface area contributed by atoms with Crippen LogP contribution in [-0.2, 0) is 16.0 Å². The molecule has 0 saturated heterocycles. The van der Waals surface area contributed by atoms with Crippen LogP contribution in [0.5, 0.6) is 0 Å². The van der Waals surface area contributed by atoms with E-state index in [1.165, 1.54) is 4.68 Å². The van der Waals surface area contributed by atoms with Gasteiger partial charge in [0.25, 0.3) is 0 Å². The number of hydrogen-bond donors (Lipinski definition) is 1. The van der Waals surface area contributed by atoms with Crippen LogP contribution >= 0.6 is 0 Å². The minimum atomic E-state index is -4.74. The van der Waals surface area contributed by atoms with Crippen molar-refractivity contribution in [1.29, 1.82) is 0 Å². The fraction of sp³-hybridized carbons (Fsp3) is 0.600. The summed E-state index contributed by atoms with van der Waals surface area (Å²) in [5, 5.41) is 4.00. The molecule has 0 unspecified atom stereocenters. The van der Waals surface area contributed by atoms with Crippen LogP contribution in [0, 0.1) is 6.92 Å². The average Bonchev–Trinajstić information content (AvgIpc) is 2.59. The van der Waals surface area contributed by atoms with Crippen molar-refractivity contribution in [2.45, 2.75) is 26.8 Å². The largest absolute Gasteiger partial charge is 0.522 e. The molecule has 6 nitrogen and oxygen atoms in total. The lowest BCUT2D eigenvalue weighted by Gasteiger charge is -2.09. The van der Waals surface area contributed by atoms with Crippen LogP contribution in [-0.4, -0.2) is 35.3 Å². The van der Waals surface area contributed by atoms with Crippen molar-refractivity contribution in [3.8, 4) is 0 Å². The van der Waals surface area contributed by atoms with Gasteiger partial charge in [0.1, 0.15) is 6.61 Å². The van der Waals surface area contributed by atoms with E-state index in [1.54, 1.807) is 13.8 Å². The third kappa shape index (κ3) is 4.12. The maximum absolute atomic E-state index is 11.7. The fourth-order valence-electron chi connectivity index (χ4n) is 1.40. The molecule has 0 atom stereocenters. The highest BCUT2D eigenvalue weighted by Crippen LogP contribution is 2.18. The Hall–Kier alpha value is -1.77. The molecule has 1 heterocycles. The highest BCUT2D eigenvalue weighted by atomic mass is 19.4. The van der Waals surface area contributed by atoms with Crippen molar-refractivity contribution >= 4 is 11.7 Å². The van der Waals surface area contributed by atoms with Crippen LogP contribution in [0.1, 0.15) is 23.1 Å². The van der Waals surface area contributed by atoms with Crippen molar-refractivity contribution in [3.05, 3.63) is 11.4 Å². The fourth-order valence-corrected chi connectivity index (χ4v) is 1.40. The molecular weight excluding hydrogens is 267 g/mol. The van der Waals surface area contributed by atoms with E-state index in [2.05, 4.69) is 14.6 Å². The molecule has 108 valence electrons. The maximum Gasteiger partial charge on any atom is 0.522 e. The molecule has 1 rings (SSSR count). The van der Waals surface area contributed by atoms with E-state index in [0.29, 0.717) is 12.2 Å². The molecule has 0 aliphatic rings. The zero-order valence-electron chi connectivity index (χ0n) is 10.5. The predicted octanol–water partition coefficient (Wildman–Crippen LogP) is 1.49. The first-order chi connectivity index (χ1) is 8.76. The molecule has 0 bridgehead atoms. The number of carbonyl (C=O) groups excluding carboxylic acids is 1. The standard InChI is InChI=1S/C10H14F3N3O3/c1-3-16-8(7(14)6(2)15-16)9(17)18-4-5-19-10(11,12)13/h3-5,14H2,1-2H3. The first kappa shape index (κ1) is 15.3. The molecule has 9 heteroatoms. The molecule has 0 fully saturated rings. The molecule has 0 aromatic carbocycles. The Bertz CT molecular complexity index is 457. The number of esters is 1. The number of rotatable bonds is 5. The lowest BCUT2D eigenvalue weighted by molar-refractivity contribution is -0.326. The second-order valence-electron chi connectivity index (χ2n) is 3.59. The second-order valence-corrected chi connectivity index (χ2v) is 3.59. The van der Waals surface area contributed by atoms with Gasteiger partial charge in [0.15, 0.2) is 5.69 Å². The molecule has 1 aromatic heterocycles. The summed E-state index contributed by atoms with van der Waals surface area (Å²) in [6.45, 7) is 2.46. The zero-order valence-corrected chi connectivity index (χ0v) is 10.5. The highest BCUT2D eigenvalue weighted by molar-refractivity contribution is 5.93. The van der Waals surface area contributed by atoms with Crippen LogP contribution in [0.4, 0.5) is 18.9 Å². The van der Waals surface area contributed by atoms with E-state index in [-0.39, 0.29) is 11.4 Å². The lowest BCUT2D eigenvalue weighted by Crippen LogP contribution is -2.20. The van der Waals surface area contributed by atoms with Gasteiger partial charge in [-0.3, -0.25) is 9.42 Å². The second kappa shape index (κ2) is 5.91. The number of nitrogen functional groups attached to an aromatic ring is 1. The molecule has 0 aliphatic carbocycles. The molecule has 0 saturated carbocycles. The van der Waals surface area contributed by atoms with Gasteiger partial charge in [0.2, 0.25) is 0 Å². The van der Waals surface area contributed by atoms with E-state index in [1.807, 2.05) is 0 Å². The topological polar surface area (TPSA) is 79.4 Å². The number of aryl methyl sites for hydroxylation is 2. The van der Waals surface area contributed by atoms with Gasteiger partial charge in [-0.15, -0.1) is 13.2 Å². The summed E-state index contributed by atoms with van der Waals surface area (Å²) in [5.41, 5.74) is 6.31. The van der Waals surface area contributed by atoms with Gasteiger partial charge in [0, 0.05) is 6.54 Å². The number of aromatic nitrogens is 2. The van der Waals surface area contributed by atoms with Crippen LogP contribution in [0.2, 0.25) is 0 Å². The average molecular weight is 281 g/mol. The number of hydrogen-bond acceptors (Lipinski definition) is 5. The number of halogens is 3. The molecule has 1 aromatic rings. The smallest absolute Gasteiger partial charge is 0.458 e. The highest BCUT2D eigenvalue weighted by Gasteiger charge is 2.29. The number of carbonyl (C=O) groups is 1. The minimum Gasteiger partial charge on any atom is -0.458 e. The Labute approximate surface area is 107 Å². The van der Waals surface area contributed by atoms with Gasteiger partial charge in [0.05, 0.1) is 18.0 Å². The molecular formula is C10H14F3N3O3. The Morgan fingerprint density at radius 2 is 2.05 bits per heavy atom. The Balaban J connectivity index is 2.59. The Morgan fingerprint density at radius 3 is 2.58 bits per heavy atom. The van der Waals surface area contributed by atoms with Gasteiger partial charge in [-0.2, -0.15) is 5.10 Å². The van der Waals surface area contributed by atoms with Gasteiger partial charge < -0.3 is 10.5 Å². The first-order valence-corrected chi connectivity index (χ1v) is 5.47. The van der Waals surface area contributed by atoms with Crippen LogP contribution in [0.15, 0.2) is 0 Å². The summed E-state index contributed by atoms with van der Waals surface area (Å²) in [5.74, 6) is -0.828. The summed E-state index contributed by atoms with van der Waals surface area (Å²) in [6.07, 6.45) is -4.74. The SMILES string of the molecule is CCn1nc(C)c(N)c1C(=O)OCCOC(F)(F)F. The van der Waals surface area contributed by atoms with E-state index in [0.717, 1.165) is 0 Å². The van der Waals surface area contributed by atoms with Crippen molar-refractivity contribution in [3.63, 3.8) is 0 Å². The van der Waals surface area contributed by atoms with Gasteiger partial charge in [-0.25, -0.2) is 4.79 Å². The van der Waals surface area contributed by atoms with Crippen LogP contribution < -0.4 is 5.73 Å². The van der Waals surface area contributed by atoms with Crippen LogP contribution in [0.25, 0.3) is 0 Å². The van der Waals surface area contributed by atoms with E-state index in [9.17, 15) is 18.0 Å². The van der Waals surface area contributed by atoms with E-state index >= 15 is 0 Å². The third-order valence-electron chi connectivity index (χ3n) is 2.25. The summed E-state index contributed by atoms with van der Waals surface area (Å²) in [4.78, 5) is 11.7. The van der Waals surface area contributed by atoms with Gasteiger partial charge >= 0.3 is 12.3 Å². The molecule has 0 spiro atoms. The third-order valence-corrected chi connectivity index (χ3v) is 2.25. The Morgan fingerprint density at radius 1 is 1.42 bits per heavy atom. The van der Waals surface area contributed by atoms with Crippen molar-refractivity contribution in [2.24, 2.45) is 0 Å². The molecule has 2 N–H and O–H groups in total. The summed E-state index contributed by atoms with van der Waals surface area (Å²) in [6, 6.07) is 0. The predicted molar refractivity (Wildman–Crippen MR) is 59.3 cm³/mol. The normalized spacial score (nSPS) is 11.6. The number of anilines is 1. The number of nitrogens with zero attached hydrogens (tertiary/aromatic N) is 2. The molecule has 0 aliphatic heterocycles. The van der Waals surface area contributed by atoms with Crippen LogP contribution in [0.3, 0.4) is 0 Å². The van der Waals surface area contributed by atoms with Gasteiger partial charge in [-0.05, 0) is 13.8 Å². The molecule has 0 radical (unpaired) electrons. The maximum atomic E-state index is 11.7. The summed E-state index contributed by atoms with van der Waals surface area (Å²) < 4.78 is 44.5. The number of alkyl halides is 3. The Kier molecular flexibility index (Phi) is 4.76. The zero-order chi connectivity index (χ0) is 14.6. The molecule has 0 amide bonds. The summed E-state index contributed by atoms with van der Waals surface area (Å²) in [7, 11) is 0.